The lowest BCUT2D eigenvalue weighted by Crippen LogP contribution is -2.24. The summed E-state index contributed by atoms with van der Waals surface area (Å²) >= 11 is 0. The Kier molecular flexibility index (Phi) is 5.41. The molecular weight excluding hydrogens is 301 g/mol. The van der Waals surface area contributed by atoms with E-state index in [1.165, 1.54) is 33.5 Å². The molecule has 0 aliphatic heterocycles. The summed E-state index contributed by atoms with van der Waals surface area (Å²) in [4.78, 5) is 12.5. The van der Waals surface area contributed by atoms with Crippen molar-refractivity contribution in [3.8, 4) is 17.2 Å². The van der Waals surface area contributed by atoms with E-state index in [9.17, 15) is 9.18 Å². The maximum absolute atomic E-state index is 12.9. The minimum atomic E-state index is -0.356. The Balaban J connectivity index is 2.22. The fourth-order valence-corrected chi connectivity index (χ4v) is 2.10. The lowest BCUT2D eigenvalue weighted by Gasteiger charge is -2.15. The Morgan fingerprint density at radius 1 is 1.00 bits per heavy atom. The predicted octanol–water partition coefficient (Wildman–Crippen LogP) is 2.78. The van der Waals surface area contributed by atoms with Crippen LogP contribution < -0.4 is 19.5 Å². The van der Waals surface area contributed by atoms with Gasteiger partial charge in [-0.25, -0.2) is 4.39 Å². The second-order valence-corrected chi connectivity index (χ2v) is 4.72. The SMILES string of the molecule is COc1cc(OC)c(C(=O)NCc2ccc(F)cc2)c(OC)c1. The van der Waals surface area contributed by atoms with Crippen molar-refractivity contribution >= 4 is 5.91 Å². The zero-order valence-corrected chi connectivity index (χ0v) is 13.2. The highest BCUT2D eigenvalue weighted by atomic mass is 19.1. The van der Waals surface area contributed by atoms with Crippen LogP contribution in [-0.2, 0) is 6.54 Å². The molecule has 0 heterocycles. The highest BCUT2D eigenvalue weighted by Gasteiger charge is 2.20. The maximum atomic E-state index is 12.9. The summed E-state index contributed by atoms with van der Waals surface area (Å²) in [6.07, 6.45) is 0. The highest BCUT2D eigenvalue weighted by molar-refractivity contribution is 6.00. The summed E-state index contributed by atoms with van der Waals surface area (Å²) in [5.41, 5.74) is 1.06. The van der Waals surface area contributed by atoms with Gasteiger partial charge in [0.05, 0.1) is 21.3 Å². The molecule has 122 valence electrons. The van der Waals surface area contributed by atoms with Crippen LogP contribution in [0.5, 0.6) is 17.2 Å². The zero-order chi connectivity index (χ0) is 16.8. The van der Waals surface area contributed by atoms with E-state index >= 15 is 0 Å². The van der Waals surface area contributed by atoms with E-state index < -0.39 is 0 Å². The first-order chi connectivity index (χ1) is 11.1. The molecule has 0 atom stereocenters. The summed E-state index contributed by atoms with van der Waals surface area (Å²) in [5.74, 6) is 0.536. The number of carbonyl (C=O) groups is 1. The molecule has 0 radical (unpaired) electrons. The summed E-state index contributed by atoms with van der Waals surface area (Å²) in [5, 5.41) is 2.76. The quantitative estimate of drug-likeness (QED) is 0.889. The lowest BCUT2D eigenvalue weighted by atomic mass is 10.1. The molecule has 0 spiro atoms. The van der Waals surface area contributed by atoms with Gasteiger partial charge in [-0.2, -0.15) is 0 Å². The highest BCUT2D eigenvalue weighted by Crippen LogP contribution is 2.33. The van der Waals surface area contributed by atoms with Gasteiger partial charge in [0, 0.05) is 18.7 Å². The third kappa shape index (κ3) is 3.91. The van der Waals surface area contributed by atoms with Crippen LogP contribution in [0, 0.1) is 5.82 Å². The van der Waals surface area contributed by atoms with Gasteiger partial charge >= 0.3 is 0 Å². The molecule has 0 aromatic heterocycles. The predicted molar refractivity (Wildman–Crippen MR) is 83.7 cm³/mol. The van der Waals surface area contributed by atoms with Crippen LogP contribution in [0.2, 0.25) is 0 Å². The number of rotatable bonds is 6. The standard InChI is InChI=1S/C17H18FNO4/c1-21-13-8-14(22-2)16(15(9-13)23-3)17(20)19-10-11-4-6-12(18)7-5-11/h4-9H,10H2,1-3H3,(H,19,20). The van der Waals surface area contributed by atoms with Gasteiger partial charge in [0.1, 0.15) is 28.6 Å². The van der Waals surface area contributed by atoms with Crippen LogP contribution in [0.3, 0.4) is 0 Å². The molecule has 1 N–H and O–H groups in total. The number of benzene rings is 2. The van der Waals surface area contributed by atoms with Crippen molar-refractivity contribution < 1.29 is 23.4 Å². The molecule has 0 fully saturated rings. The first-order valence-corrected chi connectivity index (χ1v) is 6.91. The van der Waals surface area contributed by atoms with Crippen molar-refractivity contribution in [2.45, 2.75) is 6.54 Å². The molecule has 6 heteroatoms. The number of nitrogens with one attached hydrogen (secondary N) is 1. The molecule has 5 nitrogen and oxygen atoms in total. The van der Waals surface area contributed by atoms with Gasteiger partial charge in [-0.05, 0) is 17.7 Å². The van der Waals surface area contributed by atoms with Crippen molar-refractivity contribution in [1.29, 1.82) is 0 Å². The molecule has 0 saturated carbocycles. The minimum Gasteiger partial charge on any atom is -0.496 e. The minimum absolute atomic E-state index is 0.261. The molecule has 0 bridgehead atoms. The van der Waals surface area contributed by atoms with Gasteiger partial charge in [0.15, 0.2) is 0 Å². The van der Waals surface area contributed by atoms with E-state index in [1.54, 1.807) is 24.3 Å². The molecular formula is C17H18FNO4. The van der Waals surface area contributed by atoms with Gasteiger partial charge in [0.25, 0.3) is 5.91 Å². The van der Waals surface area contributed by atoms with Crippen molar-refractivity contribution in [2.24, 2.45) is 0 Å². The number of ether oxygens (including phenoxy) is 3. The van der Waals surface area contributed by atoms with Gasteiger partial charge in [-0.1, -0.05) is 12.1 Å². The lowest BCUT2D eigenvalue weighted by molar-refractivity contribution is 0.0944. The van der Waals surface area contributed by atoms with Crippen molar-refractivity contribution in [3.05, 3.63) is 53.3 Å². The van der Waals surface area contributed by atoms with Crippen molar-refractivity contribution in [3.63, 3.8) is 0 Å². The van der Waals surface area contributed by atoms with Crippen LogP contribution in [-0.4, -0.2) is 27.2 Å². The Morgan fingerprint density at radius 3 is 2.04 bits per heavy atom. The van der Waals surface area contributed by atoms with Crippen molar-refractivity contribution in [1.82, 2.24) is 5.32 Å². The summed E-state index contributed by atoms with van der Waals surface area (Å²) < 4.78 is 28.5. The maximum Gasteiger partial charge on any atom is 0.259 e. The first-order valence-electron chi connectivity index (χ1n) is 6.91. The largest absolute Gasteiger partial charge is 0.496 e. The second-order valence-electron chi connectivity index (χ2n) is 4.72. The summed E-state index contributed by atoms with van der Waals surface area (Å²) in [6.45, 7) is 0.261. The van der Waals surface area contributed by atoms with E-state index in [1.807, 2.05) is 0 Å². The van der Waals surface area contributed by atoms with Gasteiger partial charge < -0.3 is 19.5 Å². The molecule has 2 aromatic carbocycles. The van der Waals surface area contributed by atoms with Gasteiger partial charge in [-0.3, -0.25) is 4.79 Å². The topological polar surface area (TPSA) is 56.8 Å². The zero-order valence-electron chi connectivity index (χ0n) is 13.2. The van der Waals surface area contributed by atoms with Crippen LogP contribution in [0.15, 0.2) is 36.4 Å². The van der Waals surface area contributed by atoms with Crippen LogP contribution in [0.4, 0.5) is 4.39 Å². The van der Waals surface area contributed by atoms with Crippen LogP contribution >= 0.6 is 0 Å². The summed E-state index contributed by atoms with van der Waals surface area (Å²) in [6, 6.07) is 9.12. The third-order valence-corrected chi connectivity index (χ3v) is 3.31. The number of amides is 1. The first kappa shape index (κ1) is 16.6. The fraction of sp³-hybridized carbons (Fsp3) is 0.235. The fourth-order valence-electron chi connectivity index (χ4n) is 2.10. The average Bonchev–Trinajstić information content (AvgIpc) is 2.59. The Bertz CT molecular complexity index is 660. The Morgan fingerprint density at radius 2 is 1.57 bits per heavy atom. The molecule has 23 heavy (non-hydrogen) atoms. The number of hydrogen-bond donors (Lipinski definition) is 1. The Hall–Kier alpha value is -2.76. The van der Waals surface area contributed by atoms with E-state index in [0.717, 1.165) is 5.56 Å². The monoisotopic (exact) mass is 319 g/mol. The van der Waals surface area contributed by atoms with Crippen LogP contribution in [0.1, 0.15) is 15.9 Å². The second kappa shape index (κ2) is 7.49. The van der Waals surface area contributed by atoms with Crippen LogP contribution in [0.25, 0.3) is 0 Å². The number of hydrogen-bond acceptors (Lipinski definition) is 4. The average molecular weight is 319 g/mol. The molecule has 0 saturated heterocycles. The normalized spacial score (nSPS) is 10.1. The van der Waals surface area contributed by atoms with Crippen molar-refractivity contribution in [2.75, 3.05) is 21.3 Å². The molecule has 0 aliphatic carbocycles. The number of methoxy groups -OCH3 is 3. The van der Waals surface area contributed by atoms with Gasteiger partial charge in [-0.15, -0.1) is 0 Å². The molecule has 0 aliphatic rings. The molecule has 2 rings (SSSR count). The molecule has 2 aromatic rings. The number of carbonyl (C=O) groups excluding carboxylic acids is 1. The Labute approximate surface area is 134 Å². The third-order valence-electron chi connectivity index (χ3n) is 3.31. The van der Waals surface area contributed by atoms with E-state index in [4.69, 9.17) is 14.2 Å². The van der Waals surface area contributed by atoms with E-state index in [0.29, 0.717) is 17.2 Å². The summed E-state index contributed by atoms with van der Waals surface area (Å²) in [7, 11) is 4.44. The molecule has 0 unspecified atom stereocenters. The smallest absolute Gasteiger partial charge is 0.259 e. The van der Waals surface area contributed by atoms with E-state index in [2.05, 4.69) is 5.32 Å². The molecule has 1 amide bonds. The number of halogens is 1. The van der Waals surface area contributed by atoms with E-state index in [-0.39, 0.29) is 23.8 Å². The van der Waals surface area contributed by atoms with Gasteiger partial charge in [0.2, 0.25) is 0 Å².